The molecular weight excluding hydrogens is 447 g/mol. The Morgan fingerprint density at radius 3 is 2.57 bits per heavy atom. The first-order valence-electron chi connectivity index (χ1n) is 6.50. The lowest BCUT2D eigenvalue weighted by Crippen LogP contribution is -2.11. The van der Waals surface area contributed by atoms with Gasteiger partial charge in [0, 0.05) is 8.04 Å². The Morgan fingerprint density at radius 1 is 1.19 bits per heavy atom. The molecule has 110 valence electrons. The average Bonchev–Trinajstić information content (AvgIpc) is 2.48. The predicted octanol–water partition coefficient (Wildman–Crippen LogP) is 5.06. The molecule has 0 aliphatic rings. The average molecular weight is 461 g/mol. The summed E-state index contributed by atoms with van der Waals surface area (Å²) in [5.41, 5.74) is 0.413. The number of halogens is 2. The van der Waals surface area contributed by atoms with Crippen LogP contribution in [0.2, 0.25) is 0 Å². The molecule has 0 saturated carbocycles. The molecule has 2 aromatic rings. The van der Waals surface area contributed by atoms with Gasteiger partial charge in [-0.05, 0) is 71.5 Å². The fourth-order valence-corrected chi connectivity index (χ4v) is 2.38. The van der Waals surface area contributed by atoms with Crippen LogP contribution in [0.15, 0.2) is 46.9 Å². The van der Waals surface area contributed by atoms with Gasteiger partial charge >= 0.3 is 5.97 Å². The van der Waals surface area contributed by atoms with E-state index in [1.54, 1.807) is 24.3 Å². The highest BCUT2D eigenvalue weighted by atomic mass is 127. The number of rotatable bonds is 5. The molecule has 0 heterocycles. The van der Waals surface area contributed by atoms with Gasteiger partial charge in [0.2, 0.25) is 0 Å². The molecule has 21 heavy (non-hydrogen) atoms. The van der Waals surface area contributed by atoms with E-state index in [2.05, 4.69) is 38.5 Å². The van der Waals surface area contributed by atoms with Crippen LogP contribution in [-0.2, 0) is 0 Å². The number of benzene rings is 2. The minimum Gasteiger partial charge on any atom is -0.493 e. The highest BCUT2D eigenvalue weighted by molar-refractivity contribution is 14.1. The topological polar surface area (TPSA) is 35.5 Å². The van der Waals surface area contributed by atoms with Crippen LogP contribution in [0.25, 0.3) is 0 Å². The van der Waals surface area contributed by atoms with Crippen LogP contribution in [-0.4, -0.2) is 12.6 Å². The number of ether oxygens (including phenoxy) is 2. The van der Waals surface area contributed by atoms with Crippen LogP contribution in [0.3, 0.4) is 0 Å². The van der Waals surface area contributed by atoms with Crippen molar-refractivity contribution in [2.75, 3.05) is 6.61 Å². The highest BCUT2D eigenvalue weighted by Crippen LogP contribution is 2.25. The second-order valence-electron chi connectivity index (χ2n) is 4.33. The zero-order valence-electron chi connectivity index (χ0n) is 11.4. The number of carbonyl (C=O) groups is 1. The van der Waals surface area contributed by atoms with Crippen LogP contribution >= 0.6 is 38.5 Å². The maximum atomic E-state index is 12.3. The van der Waals surface area contributed by atoms with E-state index in [-0.39, 0.29) is 0 Å². The summed E-state index contributed by atoms with van der Waals surface area (Å²) in [4.78, 5) is 12.3. The summed E-state index contributed by atoms with van der Waals surface area (Å²) in [5, 5.41) is 0. The molecule has 5 heteroatoms. The van der Waals surface area contributed by atoms with Gasteiger partial charge in [0.1, 0.15) is 17.1 Å². The maximum absolute atomic E-state index is 12.3. The van der Waals surface area contributed by atoms with Crippen LogP contribution in [0.1, 0.15) is 23.7 Å². The van der Waals surface area contributed by atoms with Crippen molar-refractivity contribution >= 4 is 44.5 Å². The summed E-state index contributed by atoms with van der Waals surface area (Å²) in [6, 6.07) is 12.6. The van der Waals surface area contributed by atoms with Crippen LogP contribution in [0.4, 0.5) is 0 Å². The van der Waals surface area contributed by atoms with Gasteiger partial charge in [0.05, 0.1) is 6.61 Å². The van der Waals surface area contributed by atoms with Gasteiger partial charge in [-0.2, -0.15) is 0 Å². The van der Waals surface area contributed by atoms with Crippen LogP contribution < -0.4 is 9.47 Å². The van der Waals surface area contributed by atoms with Gasteiger partial charge in [-0.15, -0.1) is 0 Å². The van der Waals surface area contributed by atoms with Crippen LogP contribution in [0.5, 0.6) is 11.5 Å². The minimum atomic E-state index is -0.427. The maximum Gasteiger partial charge on any atom is 0.347 e. The Hall–Kier alpha value is -1.08. The first-order valence-corrected chi connectivity index (χ1v) is 8.37. The molecule has 0 amide bonds. The largest absolute Gasteiger partial charge is 0.493 e. The van der Waals surface area contributed by atoms with Gasteiger partial charge < -0.3 is 9.47 Å². The molecule has 0 saturated heterocycles. The summed E-state index contributed by atoms with van der Waals surface area (Å²) in [5.74, 6) is 0.626. The molecule has 0 unspecified atom stereocenters. The van der Waals surface area contributed by atoms with Crippen molar-refractivity contribution < 1.29 is 14.3 Å². The van der Waals surface area contributed by atoms with E-state index in [0.717, 1.165) is 14.5 Å². The van der Waals surface area contributed by atoms with E-state index in [9.17, 15) is 4.79 Å². The Morgan fingerprint density at radius 2 is 1.90 bits per heavy atom. The molecule has 3 nitrogen and oxygen atoms in total. The molecule has 0 atom stereocenters. The van der Waals surface area contributed by atoms with E-state index in [0.29, 0.717) is 23.7 Å². The van der Waals surface area contributed by atoms with E-state index in [1.165, 1.54) is 0 Å². The first-order chi connectivity index (χ1) is 10.1. The smallest absolute Gasteiger partial charge is 0.347 e. The van der Waals surface area contributed by atoms with Gasteiger partial charge in [-0.1, -0.05) is 22.9 Å². The molecule has 0 fully saturated rings. The van der Waals surface area contributed by atoms with Crippen molar-refractivity contribution in [2.45, 2.75) is 13.3 Å². The second kappa shape index (κ2) is 7.79. The summed E-state index contributed by atoms with van der Waals surface area (Å²) < 4.78 is 12.9. The predicted molar refractivity (Wildman–Crippen MR) is 94.0 cm³/mol. The van der Waals surface area contributed by atoms with Crippen molar-refractivity contribution in [1.82, 2.24) is 0 Å². The molecule has 0 spiro atoms. The lowest BCUT2D eigenvalue weighted by atomic mass is 10.2. The lowest BCUT2D eigenvalue weighted by molar-refractivity contribution is 0.0730. The summed E-state index contributed by atoms with van der Waals surface area (Å²) >= 11 is 5.56. The van der Waals surface area contributed by atoms with Gasteiger partial charge in [0.25, 0.3) is 0 Å². The normalized spacial score (nSPS) is 10.2. The molecule has 0 aliphatic carbocycles. The number of hydrogen-bond donors (Lipinski definition) is 0. The van der Waals surface area contributed by atoms with Crippen molar-refractivity contribution in [3.63, 3.8) is 0 Å². The minimum absolute atomic E-state index is 0.413. The van der Waals surface area contributed by atoms with E-state index < -0.39 is 5.97 Å². The molecule has 2 rings (SSSR count). The Bertz CT molecular complexity index is 626. The summed E-state index contributed by atoms with van der Waals surface area (Å²) in [6.07, 6.45) is 0.877. The van der Waals surface area contributed by atoms with Crippen molar-refractivity contribution in [1.29, 1.82) is 0 Å². The zero-order chi connectivity index (χ0) is 15.2. The molecular formula is C16H14BrIO3. The van der Waals surface area contributed by atoms with Crippen LogP contribution in [0, 0.1) is 3.57 Å². The Labute approximate surface area is 145 Å². The molecule has 0 radical (unpaired) electrons. The molecule has 2 aromatic carbocycles. The number of carbonyl (C=O) groups excluding carboxylic acids is 1. The standard InChI is InChI=1S/C16H14BrIO3/c1-2-9-20-15-8-3-11(17)10-14(15)16(19)21-13-6-4-12(18)5-7-13/h3-8,10H,2,9H2,1H3. The third-order valence-corrected chi connectivity index (χ3v) is 3.86. The Kier molecular flexibility index (Phi) is 6.05. The second-order valence-corrected chi connectivity index (χ2v) is 6.49. The van der Waals surface area contributed by atoms with Crippen molar-refractivity contribution in [3.8, 4) is 11.5 Å². The van der Waals surface area contributed by atoms with E-state index in [4.69, 9.17) is 9.47 Å². The summed E-state index contributed by atoms with van der Waals surface area (Å²) in [7, 11) is 0. The third kappa shape index (κ3) is 4.71. The Balaban J connectivity index is 2.20. The fraction of sp³-hybridized carbons (Fsp3) is 0.188. The molecule has 0 aromatic heterocycles. The first kappa shape index (κ1) is 16.3. The third-order valence-electron chi connectivity index (χ3n) is 2.65. The highest BCUT2D eigenvalue weighted by Gasteiger charge is 2.15. The van der Waals surface area contributed by atoms with E-state index in [1.807, 2.05) is 25.1 Å². The van der Waals surface area contributed by atoms with Crippen molar-refractivity contribution in [2.24, 2.45) is 0 Å². The molecule has 0 bridgehead atoms. The SMILES string of the molecule is CCCOc1ccc(Br)cc1C(=O)Oc1ccc(I)cc1. The molecule has 0 N–H and O–H groups in total. The van der Waals surface area contributed by atoms with E-state index >= 15 is 0 Å². The zero-order valence-corrected chi connectivity index (χ0v) is 15.2. The molecule has 0 aliphatic heterocycles. The van der Waals surface area contributed by atoms with Gasteiger partial charge in [-0.25, -0.2) is 4.79 Å². The lowest BCUT2D eigenvalue weighted by Gasteiger charge is -2.11. The van der Waals surface area contributed by atoms with Gasteiger partial charge in [-0.3, -0.25) is 0 Å². The summed E-state index contributed by atoms with van der Waals surface area (Å²) in [6.45, 7) is 2.58. The monoisotopic (exact) mass is 460 g/mol. The number of hydrogen-bond acceptors (Lipinski definition) is 3. The fourth-order valence-electron chi connectivity index (χ4n) is 1.66. The van der Waals surface area contributed by atoms with Gasteiger partial charge in [0.15, 0.2) is 0 Å². The van der Waals surface area contributed by atoms with Crippen molar-refractivity contribution in [3.05, 3.63) is 56.1 Å². The quantitative estimate of drug-likeness (QED) is 0.355. The number of esters is 1.